The first-order valence-corrected chi connectivity index (χ1v) is 5.53. The van der Waals surface area contributed by atoms with E-state index in [0.717, 1.165) is 37.3 Å². The molecule has 5 nitrogen and oxygen atoms in total. The van der Waals surface area contributed by atoms with Crippen LogP contribution in [-0.2, 0) is 12.8 Å². The number of hydrogen-bond donors (Lipinski definition) is 2. The molecule has 0 bridgehead atoms. The Bertz CT molecular complexity index is 335. The minimum absolute atomic E-state index is 0.462. The van der Waals surface area contributed by atoms with Gasteiger partial charge in [0.2, 0.25) is 5.95 Å². The van der Waals surface area contributed by atoms with Gasteiger partial charge in [0.05, 0.1) is 17.4 Å². The standard InChI is InChI=1S/C10H17N5/c1-3-8-9(4-2)14-15-10(13-8)12-7-5-11-6-7/h7,11H,3-6H2,1-2H3,(H,12,13,15). The molecule has 1 aromatic heterocycles. The van der Waals surface area contributed by atoms with Crippen molar-refractivity contribution in [3.8, 4) is 0 Å². The fourth-order valence-electron chi connectivity index (χ4n) is 1.57. The molecule has 1 aliphatic rings. The Morgan fingerprint density at radius 1 is 1.20 bits per heavy atom. The van der Waals surface area contributed by atoms with Crippen LogP contribution >= 0.6 is 0 Å². The molecule has 5 heteroatoms. The van der Waals surface area contributed by atoms with E-state index in [-0.39, 0.29) is 0 Å². The number of aromatic nitrogens is 3. The van der Waals surface area contributed by atoms with Crippen molar-refractivity contribution in [2.24, 2.45) is 0 Å². The van der Waals surface area contributed by atoms with Crippen molar-refractivity contribution in [1.82, 2.24) is 20.5 Å². The van der Waals surface area contributed by atoms with Crippen molar-refractivity contribution in [1.29, 1.82) is 0 Å². The second-order valence-corrected chi connectivity index (χ2v) is 3.74. The molecule has 82 valence electrons. The van der Waals surface area contributed by atoms with Crippen molar-refractivity contribution in [3.63, 3.8) is 0 Å². The summed E-state index contributed by atoms with van der Waals surface area (Å²) >= 11 is 0. The van der Waals surface area contributed by atoms with Gasteiger partial charge in [0, 0.05) is 13.1 Å². The Hall–Kier alpha value is -1.23. The SMILES string of the molecule is CCc1nnc(NC2CNC2)nc1CC. The normalized spacial score (nSPS) is 16.1. The van der Waals surface area contributed by atoms with Crippen LogP contribution in [0, 0.1) is 0 Å². The first kappa shape index (κ1) is 10.3. The van der Waals surface area contributed by atoms with Gasteiger partial charge in [-0.25, -0.2) is 4.98 Å². The third kappa shape index (κ3) is 2.23. The van der Waals surface area contributed by atoms with Gasteiger partial charge in [-0.2, -0.15) is 5.10 Å². The average Bonchev–Trinajstić information content (AvgIpc) is 2.23. The zero-order valence-corrected chi connectivity index (χ0v) is 9.25. The maximum atomic E-state index is 4.47. The van der Waals surface area contributed by atoms with Crippen LogP contribution in [0.15, 0.2) is 0 Å². The monoisotopic (exact) mass is 207 g/mol. The molecular formula is C10H17N5. The van der Waals surface area contributed by atoms with Gasteiger partial charge in [0.25, 0.3) is 0 Å². The van der Waals surface area contributed by atoms with Crippen LogP contribution in [-0.4, -0.2) is 34.3 Å². The molecule has 0 aliphatic carbocycles. The summed E-state index contributed by atoms with van der Waals surface area (Å²) in [7, 11) is 0. The molecular weight excluding hydrogens is 190 g/mol. The number of nitrogens with one attached hydrogen (secondary N) is 2. The molecule has 0 saturated carbocycles. The highest BCUT2D eigenvalue weighted by Crippen LogP contribution is 2.08. The molecule has 2 rings (SSSR count). The lowest BCUT2D eigenvalue weighted by atomic mass is 10.2. The molecule has 0 aromatic carbocycles. The lowest BCUT2D eigenvalue weighted by molar-refractivity contribution is 0.468. The van der Waals surface area contributed by atoms with Gasteiger partial charge in [-0.3, -0.25) is 0 Å². The highest BCUT2D eigenvalue weighted by atomic mass is 15.3. The maximum absolute atomic E-state index is 4.47. The predicted molar refractivity (Wildman–Crippen MR) is 58.9 cm³/mol. The van der Waals surface area contributed by atoms with Crippen LogP contribution in [0.3, 0.4) is 0 Å². The molecule has 0 atom stereocenters. The van der Waals surface area contributed by atoms with Gasteiger partial charge in [0.1, 0.15) is 0 Å². The van der Waals surface area contributed by atoms with E-state index in [1.165, 1.54) is 0 Å². The van der Waals surface area contributed by atoms with Gasteiger partial charge >= 0.3 is 0 Å². The van der Waals surface area contributed by atoms with Crippen LogP contribution < -0.4 is 10.6 Å². The van der Waals surface area contributed by atoms with E-state index >= 15 is 0 Å². The summed E-state index contributed by atoms with van der Waals surface area (Å²) in [4.78, 5) is 4.47. The molecule has 0 spiro atoms. The number of aryl methyl sites for hydroxylation is 2. The van der Waals surface area contributed by atoms with Crippen LogP contribution in [0.4, 0.5) is 5.95 Å². The molecule has 0 unspecified atom stereocenters. The topological polar surface area (TPSA) is 62.7 Å². The zero-order valence-electron chi connectivity index (χ0n) is 9.25. The van der Waals surface area contributed by atoms with Crippen molar-refractivity contribution in [2.45, 2.75) is 32.7 Å². The van der Waals surface area contributed by atoms with Gasteiger partial charge in [-0.15, -0.1) is 5.10 Å². The summed E-state index contributed by atoms with van der Waals surface area (Å²) in [5, 5.41) is 14.7. The molecule has 1 aromatic rings. The molecule has 15 heavy (non-hydrogen) atoms. The van der Waals surface area contributed by atoms with E-state index in [2.05, 4.69) is 39.7 Å². The van der Waals surface area contributed by atoms with E-state index in [0.29, 0.717) is 12.0 Å². The third-order valence-corrected chi connectivity index (χ3v) is 2.62. The number of hydrogen-bond acceptors (Lipinski definition) is 5. The van der Waals surface area contributed by atoms with E-state index in [1.54, 1.807) is 0 Å². The maximum Gasteiger partial charge on any atom is 0.243 e. The highest BCUT2D eigenvalue weighted by molar-refractivity contribution is 5.28. The smallest absolute Gasteiger partial charge is 0.243 e. The summed E-state index contributed by atoms with van der Waals surface area (Å²) in [6, 6.07) is 0.462. The molecule has 2 heterocycles. The predicted octanol–water partition coefficient (Wildman–Crippen LogP) is 0.380. The van der Waals surface area contributed by atoms with Gasteiger partial charge in [0.15, 0.2) is 0 Å². The van der Waals surface area contributed by atoms with E-state index < -0.39 is 0 Å². The van der Waals surface area contributed by atoms with Crippen LogP contribution in [0.25, 0.3) is 0 Å². The minimum Gasteiger partial charge on any atom is -0.348 e. The van der Waals surface area contributed by atoms with Crippen molar-refractivity contribution in [2.75, 3.05) is 18.4 Å². The van der Waals surface area contributed by atoms with Gasteiger partial charge < -0.3 is 10.6 Å². The van der Waals surface area contributed by atoms with Crippen molar-refractivity contribution < 1.29 is 0 Å². The van der Waals surface area contributed by atoms with Crippen LogP contribution in [0.1, 0.15) is 25.2 Å². The molecule has 1 saturated heterocycles. The molecule has 1 aliphatic heterocycles. The largest absolute Gasteiger partial charge is 0.348 e. The Morgan fingerprint density at radius 2 is 1.93 bits per heavy atom. The second-order valence-electron chi connectivity index (χ2n) is 3.74. The van der Waals surface area contributed by atoms with E-state index in [1.807, 2.05) is 0 Å². The fraction of sp³-hybridized carbons (Fsp3) is 0.700. The first-order chi connectivity index (χ1) is 7.33. The van der Waals surface area contributed by atoms with Gasteiger partial charge in [-0.05, 0) is 12.8 Å². The first-order valence-electron chi connectivity index (χ1n) is 5.53. The Kier molecular flexibility index (Phi) is 3.11. The van der Waals surface area contributed by atoms with E-state index in [9.17, 15) is 0 Å². The van der Waals surface area contributed by atoms with Crippen LogP contribution in [0.2, 0.25) is 0 Å². The van der Waals surface area contributed by atoms with Gasteiger partial charge in [-0.1, -0.05) is 13.8 Å². The van der Waals surface area contributed by atoms with E-state index in [4.69, 9.17) is 0 Å². The third-order valence-electron chi connectivity index (χ3n) is 2.62. The lowest BCUT2D eigenvalue weighted by Gasteiger charge is -2.27. The summed E-state index contributed by atoms with van der Waals surface area (Å²) in [6.45, 7) is 6.15. The van der Waals surface area contributed by atoms with Crippen molar-refractivity contribution in [3.05, 3.63) is 11.4 Å². The Balaban J connectivity index is 2.10. The highest BCUT2D eigenvalue weighted by Gasteiger charge is 2.17. The molecule has 1 fully saturated rings. The fourth-order valence-corrected chi connectivity index (χ4v) is 1.57. The van der Waals surface area contributed by atoms with Crippen molar-refractivity contribution >= 4 is 5.95 Å². The number of anilines is 1. The zero-order chi connectivity index (χ0) is 10.7. The summed E-state index contributed by atoms with van der Waals surface area (Å²) in [6.07, 6.45) is 1.81. The minimum atomic E-state index is 0.462. The Morgan fingerprint density at radius 3 is 2.47 bits per heavy atom. The average molecular weight is 207 g/mol. The molecule has 0 amide bonds. The second kappa shape index (κ2) is 4.53. The molecule has 0 radical (unpaired) electrons. The lowest BCUT2D eigenvalue weighted by Crippen LogP contribution is -2.51. The Labute approximate surface area is 89.7 Å². The number of rotatable bonds is 4. The summed E-state index contributed by atoms with van der Waals surface area (Å²) in [5.41, 5.74) is 2.07. The summed E-state index contributed by atoms with van der Waals surface area (Å²) in [5.74, 6) is 0.663. The van der Waals surface area contributed by atoms with Crippen LogP contribution in [0.5, 0.6) is 0 Å². The molecule has 2 N–H and O–H groups in total. The summed E-state index contributed by atoms with van der Waals surface area (Å²) < 4.78 is 0. The quantitative estimate of drug-likeness (QED) is 0.747. The number of nitrogens with zero attached hydrogens (tertiary/aromatic N) is 3.